The lowest BCUT2D eigenvalue weighted by atomic mass is 10.1. The second kappa shape index (κ2) is 8.15. The minimum Gasteiger partial charge on any atom is -0.368 e. The van der Waals surface area contributed by atoms with Gasteiger partial charge in [-0.25, -0.2) is 4.98 Å². The first-order valence-electron chi connectivity index (χ1n) is 9.91. The molecule has 0 unspecified atom stereocenters. The first-order valence-corrected chi connectivity index (χ1v) is 11.5. The maximum atomic E-state index is 13.0. The second-order valence-electron chi connectivity index (χ2n) is 7.43. The van der Waals surface area contributed by atoms with Crippen molar-refractivity contribution < 1.29 is 0 Å². The topological polar surface area (TPSA) is 54.3 Å². The molecule has 6 nitrogen and oxygen atoms in total. The maximum Gasteiger partial charge on any atom is 0.294 e. The van der Waals surface area contributed by atoms with Crippen molar-refractivity contribution in [2.75, 3.05) is 36.0 Å². The van der Waals surface area contributed by atoms with E-state index in [-0.39, 0.29) is 10.6 Å². The van der Waals surface area contributed by atoms with E-state index in [0.29, 0.717) is 10.8 Å². The quantitative estimate of drug-likeness (QED) is 0.430. The number of benzene rings is 2. The molecule has 158 valence electrons. The zero-order valence-corrected chi connectivity index (χ0v) is 19.1. The van der Waals surface area contributed by atoms with Crippen molar-refractivity contribution in [1.29, 1.82) is 0 Å². The fourth-order valence-corrected chi connectivity index (χ4v) is 5.18. The van der Waals surface area contributed by atoms with E-state index in [4.69, 9.17) is 23.2 Å². The van der Waals surface area contributed by atoms with Crippen LogP contribution in [-0.2, 0) is 0 Å². The summed E-state index contributed by atoms with van der Waals surface area (Å²) in [7, 11) is 0. The zero-order chi connectivity index (χ0) is 21.5. The van der Waals surface area contributed by atoms with Crippen molar-refractivity contribution in [3.05, 3.63) is 74.6 Å². The molecule has 1 aliphatic rings. The van der Waals surface area contributed by atoms with Gasteiger partial charge >= 0.3 is 0 Å². The van der Waals surface area contributed by atoms with E-state index in [1.54, 1.807) is 6.20 Å². The van der Waals surface area contributed by atoms with Crippen molar-refractivity contribution in [3.63, 3.8) is 0 Å². The molecule has 1 fully saturated rings. The van der Waals surface area contributed by atoms with Crippen molar-refractivity contribution in [2.24, 2.45) is 0 Å². The highest BCUT2D eigenvalue weighted by Crippen LogP contribution is 2.29. The van der Waals surface area contributed by atoms with E-state index in [0.717, 1.165) is 47.1 Å². The van der Waals surface area contributed by atoms with Crippen LogP contribution >= 0.6 is 34.5 Å². The monoisotopic (exact) mass is 471 g/mol. The molecule has 5 rings (SSSR count). The maximum absolute atomic E-state index is 13.0. The van der Waals surface area contributed by atoms with Gasteiger partial charge < -0.3 is 9.80 Å². The first kappa shape index (κ1) is 20.3. The highest BCUT2D eigenvalue weighted by Gasteiger charge is 2.23. The number of halogens is 2. The Kier molecular flexibility index (Phi) is 5.33. The number of anilines is 2. The molecule has 1 aliphatic heterocycles. The van der Waals surface area contributed by atoms with Crippen LogP contribution in [0.4, 0.5) is 11.4 Å². The van der Waals surface area contributed by atoms with Crippen LogP contribution in [0.15, 0.2) is 53.5 Å². The van der Waals surface area contributed by atoms with Gasteiger partial charge in [0.15, 0.2) is 0 Å². The zero-order valence-electron chi connectivity index (χ0n) is 16.8. The van der Waals surface area contributed by atoms with Crippen molar-refractivity contribution in [1.82, 2.24) is 14.8 Å². The van der Waals surface area contributed by atoms with E-state index in [2.05, 4.69) is 26.8 Å². The molecule has 1 saturated heterocycles. The van der Waals surface area contributed by atoms with Crippen LogP contribution in [0.25, 0.3) is 15.3 Å². The van der Waals surface area contributed by atoms with Crippen LogP contribution in [0, 0.1) is 6.92 Å². The normalized spacial score (nSPS) is 14.4. The highest BCUT2D eigenvalue weighted by molar-refractivity contribution is 7.20. The van der Waals surface area contributed by atoms with Crippen LogP contribution in [-0.4, -0.2) is 40.9 Å². The minimum atomic E-state index is -0.355. The summed E-state index contributed by atoms with van der Waals surface area (Å²) in [6, 6.07) is 13.7. The first-order chi connectivity index (χ1) is 15.0. The van der Waals surface area contributed by atoms with Gasteiger partial charge in [0.1, 0.15) is 5.02 Å². The fraction of sp³-hybridized carbons (Fsp3) is 0.227. The number of para-hydroxylation sites is 1. The van der Waals surface area contributed by atoms with Gasteiger partial charge in [0.05, 0.1) is 22.1 Å². The van der Waals surface area contributed by atoms with E-state index in [1.165, 1.54) is 21.6 Å². The summed E-state index contributed by atoms with van der Waals surface area (Å²) in [5.41, 5.74) is 3.47. The average molecular weight is 472 g/mol. The molecule has 2 aromatic heterocycles. The van der Waals surface area contributed by atoms with Gasteiger partial charge in [-0.1, -0.05) is 52.7 Å². The molecule has 0 atom stereocenters. The number of hydrogen-bond acceptors (Lipinski definition) is 6. The van der Waals surface area contributed by atoms with Crippen LogP contribution in [0.2, 0.25) is 10.0 Å². The molecule has 0 spiro atoms. The average Bonchev–Trinajstić information content (AvgIpc) is 3.21. The number of fused-ring (bicyclic) bond motifs is 1. The Hall–Kier alpha value is -2.61. The number of thiazole rings is 1. The Balaban J connectivity index is 1.39. The molecule has 0 saturated carbocycles. The molecule has 0 aliphatic carbocycles. The Bertz CT molecular complexity index is 1290. The fourth-order valence-electron chi connectivity index (χ4n) is 3.84. The molecule has 0 N–H and O–H groups in total. The molecule has 0 radical (unpaired) electrons. The third-order valence-corrected chi connectivity index (χ3v) is 7.10. The number of aryl methyl sites for hydroxylation is 1. The molecule has 9 heteroatoms. The smallest absolute Gasteiger partial charge is 0.294 e. The summed E-state index contributed by atoms with van der Waals surface area (Å²) >= 11 is 14.1. The number of aromatic nitrogens is 3. The van der Waals surface area contributed by atoms with E-state index in [1.807, 2.05) is 42.5 Å². The lowest BCUT2D eigenvalue weighted by Crippen LogP contribution is -2.47. The largest absolute Gasteiger partial charge is 0.368 e. The number of piperazine rings is 1. The summed E-state index contributed by atoms with van der Waals surface area (Å²) in [4.78, 5) is 21.9. The Morgan fingerprint density at radius 1 is 0.968 bits per heavy atom. The predicted octanol–water partition coefficient (Wildman–Crippen LogP) is 4.78. The van der Waals surface area contributed by atoms with Crippen LogP contribution < -0.4 is 15.4 Å². The summed E-state index contributed by atoms with van der Waals surface area (Å²) in [5.74, 6) is 0. The number of nitrogens with zero attached hydrogens (tertiary/aromatic N) is 5. The van der Waals surface area contributed by atoms with Crippen LogP contribution in [0.5, 0.6) is 0 Å². The van der Waals surface area contributed by atoms with Crippen LogP contribution in [0.3, 0.4) is 0 Å². The molecule has 0 amide bonds. The molecule has 3 heterocycles. The summed E-state index contributed by atoms with van der Waals surface area (Å²) in [5, 5.41) is 5.79. The Labute approximate surface area is 193 Å². The second-order valence-corrected chi connectivity index (χ2v) is 9.25. The summed E-state index contributed by atoms with van der Waals surface area (Å²) in [6.07, 6.45) is 1.66. The molecular formula is C22H19Cl2N5OS. The van der Waals surface area contributed by atoms with E-state index >= 15 is 0 Å². The van der Waals surface area contributed by atoms with E-state index < -0.39 is 0 Å². The van der Waals surface area contributed by atoms with Crippen molar-refractivity contribution in [2.45, 2.75) is 6.92 Å². The molecule has 2 aromatic carbocycles. The molecular weight excluding hydrogens is 453 g/mol. The number of rotatable bonds is 3. The molecule has 4 aromatic rings. The van der Waals surface area contributed by atoms with Gasteiger partial charge in [0.25, 0.3) is 5.56 Å². The minimum absolute atomic E-state index is 0.168. The van der Waals surface area contributed by atoms with Gasteiger partial charge in [0.2, 0.25) is 5.13 Å². The Morgan fingerprint density at radius 3 is 2.42 bits per heavy atom. The van der Waals surface area contributed by atoms with Gasteiger partial charge in [-0.15, -0.1) is 0 Å². The third kappa shape index (κ3) is 3.78. The third-order valence-electron chi connectivity index (χ3n) is 5.50. The lowest BCUT2D eigenvalue weighted by Gasteiger charge is -2.38. The van der Waals surface area contributed by atoms with Gasteiger partial charge in [-0.2, -0.15) is 9.78 Å². The van der Waals surface area contributed by atoms with E-state index in [9.17, 15) is 4.79 Å². The molecule has 31 heavy (non-hydrogen) atoms. The van der Waals surface area contributed by atoms with Crippen molar-refractivity contribution >= 4 is 56.1 Å². The van der Waals surface area contributed by atoms with Crippen molar-refractivity contribution in [3.8, 4) is 5.13 Å². The van der Waals surface area contributed by atoms with Gasteiger partial charge in [-0.05, 0) is 36.8 Å². The van der Waals surface area contributed by atoms with Gasteiger partial charge in [0, 0.05) is 36.9 Å². The van der Waals surface area contributed by atoms with Crippen LogP contribution in [0.1, 0.15) is 5.56 Å². The van der Waals surface area contributed by atoms with Gasteiger partial charge in [-0.3, -0.25) is 4.79 Å². The highest BCUT2D eigenvalue weighted by atomic mass is 35.5. The number of hydrogen-bond donors (Lipinski definition) is 0. The standard InChI is InChI=1S/C22H19Cl2N5OS/c1-14-6-7-15(23)12-17(14)27-8-10-28(11-9-27)18-13-25-29(21(30)20(18)24)22-26-16-4-2-3-5-19(16)31-22/h2-7,12-13H,8-11H2,1H3. The Morgan fingerprint density at radius 2 is 1.68 bits per heavy atom. The predicted molar refractivity (Wildman–Crippen MR) is 129 cm³/mol. The summed E-state index contributed by atoms with van der Waals surface area (Å²) < 4.78 is 2.28. The SMILES string of the molecule is Cc1ccc(Cl)cc1N1CCN(c2cnn(-c3nc4ccccc4s3)c(=O)c2Cl)CC1. The molecule has 0 bridgehead atoms. The summed E-state index contributed by atoms with van der Waals surface area (Å²) in [6.45, 7) is 5.16. The lowest BCUT2D eigenvalue weighted by molar-refractivity contribution is 0.648.